The van der Waals surface area contributed by atoms with Crippen LogP contribution in [0.2, 0.25) is 0 Å². The van der Waals surface area contributed by atoms with Crippen molar-refractivity contribution in [1.29, 1.82) is 0 Å². The van der Waals surface area contributed by atoms with Crippen molar-refractivity contribution in [3.63, 3.8) is 0 Å². The molecular formula is C23H39N3O3. The van der Waals surface area contributed by atoms with Crippen LogP contribution in [0.4, 0.5) is 0 Å². The van der Waals surface area contributed by atoms with Crippen LogP contribution in [0.3, 0.4) is 0 Å². The molecule has 1 saturated carbocycles. The molecule has 0 spiro atoms. The minimum Gasteiger partial charge on any atom is -0.491 e. The molecule has 0 bridgehead atoms. The highest BCUT2D eigenvalue weighted by atomic mass is 16.5. The Bertz CT molecular complexity index is 601. The van der Waals surface area contributed by atoms with Gasteiger partial charge in [0.2, 0.25) is 0 Å². The summed E-state index contributed by atoms with van der Waals surface area (Å²) >= 11 is 0. The first-order chi connectivity index (χ1) is 14.2. The molecule has 6 nitrogen and oxygen atoms in total. The fourth-order valence-corrected chi connectivity index (χ4v) is 3.83. The third-order valence-electron chi connectivity index (χ3n) is 5.49. The SMILES string of the molecule is CCNC(=NCc1cccc(OCCOC)c1)NCC1(CCOCC)CCCC1. The first-order valence-electron chi connectivity index (χ1n) is 11.0. The highest BCUT2D eigenvalue weighted by Gasteiger charge is 2.33. The summed E-state index contributed by atoms with van der Waals surface area (Å²) in [5, 5.41) is 6.97. The van der Waals surface area contributed by atoms with E-state index in [1.54, 1.807) is 7.11 Å². The standard InChI is InChI=1S/C23H39N3O3/c1-4-24-22(26-19-23(11-6-7-12-23)13-14-28-5-2)25-18-20-9-8-10-21(17-20)29-16-15-27-3/h8-10,17H,4-7,11-16,18-19H2,1-3H3,(H2,24,25,26). The van der Waals surface area contributed by atoms with Crippen LogP contribution in [0, 0.1) is 5.41 Å². The first kappa shape index (κ1) is 23.5. The summed E-state index contributed by atoms with van der Waals surface area (Å²) in [4.78, 5) is 4.79. The van der Waals surface area contributed by atoms with E-state index in [4.69, 9.17) is 19.2 Å². The zero-order chi connectivity index (χ0) is 20.8. The summed E-state index contributed by atoms with van der Waals surface area (Å²) in [6, 6.07) is 8.10. The van der Waals surface area contributed by atoms with E-state index in [0.29, 0.717) is 25.2 Å². The van der Waals surface area contributed by atoms with Gasteiger partial charge in [-0.2, -0.15) is 0 Å². The molecule has 0 amide bonds. The van der Waals surface area contributed by atoms with Gasteiger partial charge < -0.3 is 24.8 Å². The van der Waals surface area contributed by atoms with Gasteiger partial charge in [0, 0.05) is 33.4 Å². The fourth-order valence-electron chi connectivity index (χ4n) is 3.83. The summed E-state index contributed by atoms with van der Waals surface area (Å²) in [5.74, 6) is 1.73. The van der Waals surface area contributed by atoms with Gasteiger partial charge in [0.05, 0.1) is 13.2 Å². The fraction of sp³-hybridized carbons (Fsp3) is 0.696. The number of methoxy groups -OCH3 is 1. The van der Waals surface area contributed by atoms with Crippen molar-refractivity contribution in [2.75, 3.05) is 46.6 Å². The average molecular weight is 406 g/mol. The smallest absolute Gasteiger partial charge is 0.191 e. The van der Waals surface area contributed by atoms with Crippen LogP contribution in [0.15, 0.2) is 29.3 Å². The molecule has 0 radical (unpaired) electrons. The van der Waals surface area contributed by atoms with E-state index in [1.807, 2.05) is 18.2 Å². The Kier molecular flexibility index (Phi) is 10.9. The molecule has 1 aromatic carbocycles. The topological polar surface area (TPSA) is 64.1 Å². The van der Waals surface area contributed by atoms with E-state index in [9.17, 15) is 0 Å². The molecule has 29 heavy (non-hydrogen) atoms. The predicted octanol–water partition coefficient (Wildman–Crippen LogP) is 3.75. The molecule has 0 atom stereocenters. The van der Waals surface area contributed by atoms with Crippen LogP contribution in [0.1, 0.15) is 51.5 Å². The maximum Gasteiger partial charge on any atom is 0.191 e. The number of nitrogens with zero attached hydrogens (tertiary/aromatic N) is 1. The van der Waals surface area contributed by atoms with E-state index >= 15 is 0 Å². The van der Waals surface area contributed by atoms with Crippen molar-refractivity contribution in [3.05, 3.63) is 29.8 Å². The Morgan fingerprint density at radius 2 is 1.93 bits per heavy atom. The second-order valence-corrected chi connectivity index (χ2v) is 7.69. The predicted molar refractivity (Wildman–Crippen MR) is 119 cm³/mol. The lowest BCUT2D eigenvalue weighted by atomic mass is 9.83. The minimum absolute atomic E-state index is 0.334. The van der Waals surface area contributed by atoms with Crippen molar-refractivity contribution in [3.8, 4) is 5.75 Å². The summed E-state index contributed by atoms with van der Waals surface area (Å²) in [5.41, 5.74) is 1.46. The van der Waals surface area contributed by atoms with E-state index in [2.05, 4.69) is 30.5 Å². The molecule has 0 aliphatic heterocycles. The lowest BCUT2D eigenvalue weighted by molar-refractivity contribution is 0.105. The summed E-state index contributed by atoms with van der Waals surface area (Å²) in [6.45, 7) is 9.35. The molecule has 1 aromatic rings. The number of nitrogens with one attached hydrogen (secondary N) is 2. The number of aliphatic imine (C=N–C) groups is 1. The third-order valence-corrected chi connectivity index (χ3v) is 5.49. The van der Waals surface area contributed by atoms with Crippen LogP contribution in [0.5, 0.6) is 5.75 Å². The number of hydrogen-bond acceptors (Lipinski definition) is 4. The molecule has 1 fully saturated rings. The first-order valence-corrected chi connectivity index (χ1v) is 11.0. The van der Waals surface area contributed by atoms with Crippen LogP contribution < -0.4 is 15.4 Å². The van der Waals surface area contributed by atoms with Gasteiger partial charge in [0.1, 0.15) is 12.4 Å². The van der Waals surface area contributed by atoms with Crippen molar-refractivity contribution in [1.82, 2.24) is 10.6 Å². The average Bonchev–Trinajstić information content (AvgIpc) is 3.20. The van der Waals surface area contributed by atoms with E-state index in [-0.39, 0.29) is 0 Å². The Balaban J connectivity index is 1.92. The van der Waals surface area contributed by atoms with Gasteiger partial charge in [0.15, 0.2) is 5.96 Å². The van der Waals surface area contributed by atoms with Gasteiger partial charge in [-0.05, 0) is 56.2 Å². The van der Waals surface area contributed by atoms with Crippen LogP contribution in [-0.4, -0.2) is 52.6 Å². The molecular weight excluding hydrogens is 366 g/mol. The van der Waals surface area contributed by atoms with Crippen molar-refractivity contribution < 1.29 is 14.2 Å². The Labute approximate surface area is 176 Å². The summed E-state index contributed by atoms with van der Waals surface area (Å²) in [7, 11) is 1.68. The summed E-state index contributed by atoms with van der Waals surface area (Å²) in [6.07, 6.45) is 6.30. The maximum absolute atomic E-state index is 5.70. The van der Waals surface area contributed by atoms with Gasteiger partial charge >= 0.3 is 0 Å². The Hall–Kier alpha value is -1.79. The molecule has 1 aliphatic carbocycles. The largest absolute Gasteiger partial charge is 0.491 e. The van der Waals surface area contributed by atoms with Crippen LogP contribution in [0.25, 0.3) is 0 Å². The molecule has 2 rings (SSSR count). The third kappa shape index (κ3) is 8.62. The molecule has 6 heteroatoms. The van der Waals surface area contributed by atoms with E-state index in [0.717, 1.165) is 50.0 Å². The van der Waals surface area contributed by atoms with Crippen LogP contribution in [-0.2, 0) is 16.0 Å². The van der Waals surface area contributed by atoms with E-state index in [1.165, 1.54) is 25.7 Å². The highest BCUT2D eigenvalue weighted by Crippen LogP contribution is 2.40. The maximum atomic E-state index is 5.70. The van der Waals surface area contributed by atoms with Crippen LogP contribution >= 0.6 is 0 Å². The second kappa shape index (κ2) is 13.4. The molecule has 1 aliphatic rings. The van der Waals surface area contributed by atoms with Crippen molar-refractivity contribution in [2.45, 2.75) is 52.5 Å². The van der Waals surface area contributed by atoms with Gasteiger partial charge in [-0.1, -0.05) is 25.0 Å². The number of rotatable bonds is 13. The zero-order valence-corrected chi connectivity index (χ0v) is 18.5. The number of guanidine groups is 1. The molecule has 0 saturated heterocycles. The molecule has 164 valence electrons. The molecule has 0 unspecified atom stereocenters. The lowest BCUT2D eigenvalue weighted by Gasteiger charge is -2.30. The monoisotopic (exact) mass is 405 g/mol. The van der Waals surface area contributed by atoms with Crippen molar-refractivity contribution in [2.24, 2.45) is 10.4 Å². The van der Waals surface area contributed by atoms with Gasteiger partial charge in [-0.3, -0.25) is 0 Å². The van der Waals surface area contributed by atoms with E-state index < -0.39 is 0 Å². The Morgan fingerprint density at radius 3 is 2.66 bits per heavy atom. The minimum atomic E-state index is 0.334. The number of hydrogen-bond donors (Lipinski definition) is 2. The number of benzene rings is 1. The highest BCUT2D eigenvalue weighted by molar-refractivity contribution is 5.79. The quantitative estimate of drug-likeness (QED) is 0.297. The number of ether oxygens (including phenoxy) is 3. The van der Waals surface area contributed by atoms with Crippen molar-refractivity contribution >= 4 is 5.96 Å². The van der Waals surface area contributed by atoms with Gasteiger partial charge in [-0.15, -0.1) is 0 Å². The molecule has 0 heterocycles. The molecule has 2 N–H and O–H groups in total. The Morgan fingerprint density at radius 1 is 1.10 bits per heavy atom. The van der Waals surface area contributed by atoms with Gasteiger partial charge in [-0.25, -0.2) is 4.99 Å². The lowest BCUT2D eigenvalue weighted by Crippen LogP contribution is -2.43. The molecule has 0 aromatic heterocycles. The van der Waals surface area contributed by atoms with Gasteiger partial charge in [0.25, 0.3) is 0 Å². The zero-order valence-electron chi connectivity index (χ0n) is 18.5. The normalized spacial score (nSPS) is 16.0. The second-order valence-electron chi connectivity index (χ2n) is 7.69. The summed E-state index contributed by atoms with van der Waals surface area (Å²) < 4.78 is 16.4.